The molecule has 0 radical (unpaired) electrons. The van der Waals surface area contributed by atoms with Gasteiger partial charge in [-0.15, -0.1) is 0 Å². The largest absolute Gasteiger partial charge is 0.455 e. The van der Waals surface area contributed by atoms with Crippen molar-refractivity contribution in [2.45, 2.75) is 51.6 Å². The van der Waals surface area contributed by atoms with Crippen LogP contribution in [0.5, 0.6) is 0 Å². The molecule has 4 rings (SSSR count). The van der Waals surface area contributed by atoms with Gasteiger partial charge in [0.1, 0.15) is 5.60 Å². The van der Waals surface area contributed by atoms with E-state index in [1.54, 1.807) is 6.92 Å². The highest BCUT2D eigenvalue weighted by Crippen LogP contribution is 2.61. The lowest BCUT2D eigenvalue weighted by atomic mass is 9.47. The van der Waals surface area contributed by atoms with E-state index >= 15 is 0 Å². The van der Waals surface area contributed by atoms with E-state index < -0.39 is 0 Å². The number of ether oxygens (including phenoxy) is 1. The van der Waals surface area contributed by atoms with E-state index in [2.05, 4.69) is 12.6 Å². The molecule has 4 saturated carbocycles. The van der Waals surface area contributed by atoms with Gasteiger partial charge in [0.05, 0.1) is 12.0 Å². The van der Waals surface area contributed by atoms with Crippen molar-refractivity contribution >= 4 is 5.97 Å². The summed E-state index contributed by atoms with van der Waals surface area (Å²) in [4.78, 5) is 12.1. The van der Waals surface area contributed by atoms with Crippen LogP contribution in [0.25, 0.3) is 0 Å². The Labute approximate surface area is 121 Å². The summed E-state index contributed by atoms with van der Waals surface area (Å²) in [6.45, 7) is 7.39. The average molecular weight is 273 g/mol. The first-order valence-electron chi connectivity index (χ1n) is 7.73. The molecular formula is C17H23NO2. The van der Waals surface area contributed by atoms with E-state index in [0.29, 0.717) is 23.3 Å². The molecule has 4 bridgehead atoms. The van der Waals surface area contributed by atoms with Crippen LogP contribution in [0.3, 0.4) is 0 Å². The van der Waals surface area contributed by atoms with Crippen LogP contribution in [0.4, 0.5) is 0 Å². The second-order valence-electron chi connectivity index (χ2n) is 7.29. The Morgan fingerprint density at radius 3 is 2.45 bits per heavy atom. The smallest absolute Gasteiger partial charge is 0.333 e. The number of nitriles is 1. The number of esters is 1. The van der Waals surface area contributed by atoms with Crippen molar-refractivity contribution in [1.82, 2.24) is 0 Å². The molecule has 20 heavy (non-hydrogen) atoms. The zero-order valence-corrected chi connectivity index (χ0v) is 12.4. The van der Waals surface area contributed by atoms with Gasteiger partial charge in [-0.2, -0.15) is 5.26 Å². The fourth-order valence-corrected chi connectivity index (χ4v) is 5.37. The zero-order valence-electron chi connectivity index (χ0n) is 12.4. The van der Waals surface area contributed by atoms with Gasteiger partial charge >= 0.3 is 5.97 Å². The molecular weight excluding hydrogens is 250 g/mol. The van der Waals surface area contributed by atoms with Crippen molar-refractivity contribution in [2.24, 2.45) is 29.6 Å². The molecule has 4 fully saturated rings. The normalized spacial score (nSPS) is 42.9. The van der Waals surface area contributed by atoms with E-state index in [-0.39, 0.29) is 23.4 Å². The van der Waals surface area contributed by atoms with Gasteiger partial charge in [-0.1, -0.05) is 6.58 Å². The average Bonchev–Trinajstić information content (AvgIpc) is 2.36. The number of hydrogen-bond acceptors (Lipinski definition) is 3. The summed E-state index contributed by atoms with van der Waals surface area (Å²) in [5.74, 6) is 1.83. The van der Waals surface area contributed by atoms with E-state index in [1.165, 1.54) is 19.3 Å². The van der Waals surface area contributed by atoms with Gasteiger partial charge in [0.2, 0.25) is 0 Å². The van der Waals surface area contributed by atoms with Gasteiger partial charge in [0.25, 0.3) is 0 Å². The topological polar surface area (TPSA) is 50.1 Å². The molecule has 0 heterocycles. The summed E-state index contributed by atoms with van der Waals surface area (Å²) >= 11 is 0. The Bertz CT molecular complexity index is 476. The predicted octanol–water partition coefficient (Wildman–Crippen LogP) is 3.46. The third-order valence-corrected chi connectivity index (χ3v) is 5.71. The summed E-state index contributed by atoms with van der Waals surface area (Å²) < 4.78 is 5.96. The number of hydrogen-bond donors (Lipinski definition) is 0. The molecule has 0 aliphatic heterocycles. The molecule has 4 unspecified atom stereocenters. The monoisotopic (exact) mass is 273 g/mol. The first-order valence-corrected chi connectivity index (χ1v) is 7.73. The Hall–Kier alpha value is -1.30. The van der Waals surface area contributed by atoms with Crippen LogP contribution in [0.2, 0.25) is 0 Å². The Morgan fingerprint density at radius 2 is 1.95 bits per heavy atom. The first-order chi connectivity index (χ1) is 9.45. The molecule has 4 aliphatic rings. The molecule has 0 aromatic heterocycles. The van der Waals surface area contributed by atoms with Crippen molar-refractivity contribution in [2.75, 3.05) is 0 Å². The number of rotatable bonds is 3. The molecule has 0 amide bonds. The van der Waals surface area contributed by atoms with Crippen molar-refractivity contribution in [3.8, 4) is 6.07 Å². The van der Waals surface area contributed by atoms with Crippen LogP contribution in [0, 0.1) is 40.9 Å². The maximum atomic E-state index is 12.1. The van der Waals surface area contributed by atoms with E-state index in [4.69, 9.17) is 4.74 Å². The van der Waals surface area contributed by atoms with Crippen molar-refractivity contribution in [1.29, 1.82) is 5.26 Å². The Balaban J connectivity index is 1.93. The Kier molecular flexibility index (Phi) is 3.16. The van der Waals surface area contributed by atoms with Crippen molar-refractivity contribution in [3.63, 3.8) is 0 Å². The standard InChI is InChI=1S/C17H23NO2/c1-10(2)16(19)20-17-7-12-4-13(8-17)6-14(5-12)15(17)11(3)9-18/h11-15H,1,4-8H2,2-3H3. The van der Waals surface area contributed by atoms with Crippen LogP contribution < -0.4 is 0 Å². The summed E-state index contributed by atoms with van der Waals surface area (Å²) in [6, 6.07) is 2.41. The fraction of sp³-hybridized carbons (Fsp3) is 0.765. The second-order valence-corrected chi connectivity index (χ2v) is 7.29. The SMILES string of the molecule is C=C(C)C(=O)OC12CC3CC(CC(C3)C1C(C)C#N)C2. The highest BCUT2D eigenvalue weighted by Gasteiger charge is 2.60. The van der Waals surface area contributed by atoms with Crippen LogP contribution in [0.1, 0.15) is 46.0 Å². The zero-order chi connectivity index (χ0) is 14.5. The van der Waals surface area contributed by atoms with Crippen molar-refractivity contribution < 1.29 is 9.53 Å². The maximum absolute atomic E-state index is 12.1. The minimum absolute atomic E-state index is 0.0436. The lowest BCUT2D eigenvalue weighted by Crippen LogP contribution is -2.60. The fourth-order valence-electron chi connectivity index (χ4n) is 5.37. The van der Waals surface area contributed by atoms with E-state index in [0.717, 1.165) is 12.8 Å². The summed E-state index contributed by atoms with van der Waals surface area (Å²) in [7, 11) is 0. The lowest BCUT2D eigenvalue weighted by Gasteiger charge is -2.60. The predicted molar refractivity (Wildman–Crippen MR) is 75.5 cm³/mol. The molecule has 0 aromatic carbocycles. The quantitative estimate of drug-likeness (QED) is 0.584. The summed E-state index contributed by atoms with van der Waals surface area (Å²) in [5.41, 5.74) is 0.0732. The molecule has 0 spiro atoms. The van der Waals surface area contributed by atoms with Gasteiger partial charge in [-0.05, 0) is 63.7 Å². The van der Waals surface area contributed by atoms with Crippen LogP contribution in [0.15, 0.2) is 12.2 Å². The van der Waals surface area contributed by atoms with Gasteiger partial charge in [0.15, 0.2) is 0 Å². The number of nitrogens with zero attached hydrogens (tertiary/aromatic N) is 1. The third-order valence-electron chi connectivity index (χ3n) is 5.71. The molecule has 0 N–H and O–H groups in total. The Morgan fingerprint density at radius 1 is 1.35 bits per heavy atom. The maximum Gasteiger partial charge on any atom is 0.333 e. The lowest BCUT2D eigenvalue weighted by molar-refractivity contribution is -0.210. The minimum Gasteiger partial charge on any atom is -0.455 e. The molecule has 3 heteroatoms. The molecule has 108 valence electrons. The molecule has 4 atom stereocenters. The van der Waals surface area contributed by atoms with Crippen LogP contribution >= 0.6 is 0 Å². The third kappa shape index (κ3) is 1.97. The van der Waals surface area contributed by atoms with Gasteiger partial charge in [-0.25, -0.2) is 4.79 Å². The van der Waals surface area contributed by atoms with Gasteiger partial charge in [-0.3, -0.25) is 0 Å². The van der Waals surface area contributed by atoms with E-state index in [1.807, 2.05) is 6.92 Å². The van der Waals surface area contributed by atoms with Crippen molar-refractivity contribution in [3.05, 3.63) is 12.2 Å². The molecule has 4 aliphatic carbocycles. The highest BCUT2D eigenvalue weighted by atomic mass is 16.6. The minimum atomic E-state index is -0.389. The molecule has 0 saturated heterocycles. The second kappa shape index (κ2) is 4.62. The highest BCUT2D eigenvalue weighted by molar-refractivity contribution is 5.87. The van der Waals surface area contributed by atoms with Gasteiger partial charge in [0, 0.05) is 11.5 Å². The van der Waals surface area contributed by atoms with Gasteiger partial charge < -0.3 is 4.74 Å². The van der Waals surface area contributed by atoms with Crippen LogP contribution in [-0.2, 0) is 9.53 Å². The number of carbonyl (C=O) groups is 1. The summed E-state index contributed by atoms with van der Waals surface area (Å²) in [6.07, 6.45) is 5.64. The first kappa shape index (κ1) is 13.7. The van der Waals surface area contributed by atoms with Crippen LogP contribution in [-0.4, -0.2) is 11.6 Å². The molecule has 3 nitrogen and oxygen atoms in total. The molecule has 0 aromatic rings. The van der Waals surface area contributed by atoms with E-state index in [9.17, 15) is 10.1 Å². The summed E-state index contributed by atoms with van der Waals surface area (Å²) in [5, 5.41) is 9.37. The number of carbonyl (C=O) groups excluding carboxylic acids is 1.